The normalized spacial score (nSPS) is 45.0. The number of aromatic hydroxyl groups is 2. The van der Waals surface area contributed by atoms with Crippen molar-refractivity contribution in [3.8, 4) is 11.5 Å². The molecule has 5 fully saturated rings. The summed E-state index contributed by atoms with van der Waals surface area (Å²) in [6.45, 7) is 0. The van der Waals surface area contributed by atoms with Gasteiger partial charge in [-0.2, -0.15) is 4.89 Å². The highest BCUT2D eigenvalue weighted by Crippen LogP contribution is 2.97. The van der Waals surface area contributed by atoms with Crippen LogP contribution in [-0.4, -0.2) is 33.6 Å². The van der Waals surface area contributed by atoms with Gasteiger partial charge < -0.3 is 29.7 Å². The second-order valence-electron chi connectivity index (χ2n) is 11.3. The van der Waals surface area contributed by atoms with Gasteiger partial charge in [0.15, 0.2) is 13.2 Å². The highest BCUT2D eigenvalue weighted by molar-refractivity contribution is 7.87. The van der Waals surface area contributed by atoms with E-state index < -0.39 is 19.0 Å². The first-order valence-electron chi connectivity index (χ1n) is 11.9. The maximum atomic E-state index is 13.0. The third-order valence-corrected chi connectivity index (χ3v) is 12.6. The van der Waals surface area contributed by atoms with Gasteiger partial charge in [-0.1, -0.05) is 0 Å². The highest BCUT2D eigenvalue weighted by Gasteiger charge is 2.72. The molecule has 0 amide bonds. The summed E-state index contributed by atoms with van der Waals surface area (Å²) in [7, 11) is -1.50. The second kappa shape index (κ2) is 5.76. The number of methoxy groups -OCH3 is 1. The number of hydrogen-bond donors (Lipinski definition) is 4. The molecule has 4 aliphatic heterocycles. The summed E-state index contributed by atoms with van der Waals surface area (Å²) >= 11 is 0. The summed E-state index contributed by atoms with van der Waals surface area (Å²) in [5.41, 5.74) is 0.284. The number of aliphatic hydroxyl groups is 2. The van der Waals surface area contributed by atoms with Crippen LogP contribution in [0.5, 0.6) is 11.5 Å². The minimum Gasteiger partial charge on any atom is -0.507 e. The van der Waals surface area contributed by atoms with E-state index in [4.69, 9.17) is 14.5 Å². The van der Waals surface area contributed by atoms with Gasteiger partial charge in [0.2, 0.25) is 0 Å². The lowest BCUT2D eigenvalue weighted by atomic mass is 9.47. The molecule has 0 aromatic heterocycles. The fraction of sp³-hybridized carbons (Fsp3) is 0.520. The van der Waals surface area contributed by atoms with Crippen LogP contribution in [0.2, 0.25) is 0 Å². The molecule has 0 spiro atoms. The summed E-state index contributed by atoms with van der Waals surface area (Å²) in [5.74, 6) is -0.409. The second-order valence-corrected chi connectivity index (χ2v) is 13.9. The lowest BCUT2D eigenvalue weighted by Crippen LogP contribution is -2.66. The molecule has 8 aliphatic rings. The van der Waals surface area contributed by atoms with Crippen LogP contribution in [0.1, 0.15) is 49.7 Å². The third-order valence-electron chi connectivity index (χ3n) is 9.61. The fourth-order valence-corrected chi connectivity index (χ4v) is 11.7. The summed E-state index contributed by atoms with van der Waals surface area (Å²) in [6.07, 6.45) is 6.54. The summed E-state index contributed by atoms with van der Waals surface area (Å²) in [5, 5.41) is 43.5. The van der Waals surface area contributed by atoms with E-state index in [0.717, 1.165) is 19.3 Å². The van der Waals surface area contributed by atoms with Gasteiger partial charge in [-0.25, -0.2) is 4.89 Å². The summed E-state index contributed by atoms with van der Waals surface area (Å²) < 4.78 is 18.9. The van der Waals surface area contributed by atoms with Crippen LogP contribution in [0.4, 0.5) is 0 Å². The Morgan fingerprint density at radius 2 is 1.59 bits per heavy atom. The topological polar surface area (TPSA) is 126 Å². The molecular weight excluding hydrogens is 459 g/mol. The number of ether oxygens (including phenoxy) is 1. The fourth-order valence-electron chi connectivity index (χ4n) is 8.66. The lowest BCUT2D eigenvalue weighted by Gasteiger charge is -2.63. The molecule has 0 radical (unpaired) electrons. The average Bonchev–Trinajstić information content (AvgIpc) is 3.21. The first-order valence-corrected chi connectivity index (χ1v) is 13.6. The number of benzene rings is 1. The number of rotatable bonds is 4. The Bertz CT molecular complexity index is 1330. The predicted octanol–water partition coefficient (Wildman–Crippen LogP) is 5.10. The molecule has 3 atom stereocenters. The van der Waals surface area contributed by atoms with Gasteiger partial charge in [0.05, 0.1) is 16.4 Å². The van der Waals surface area contributed by atoms with Crippen molar-refractivity contribution in [1.29, 1.82) is 0 Å². The quantitative estimate of drug-likeness (QED) is 0.344. The number of hydrogen-bond acceptors (Lipinski definition) is 8. The Hall–Kier alpha value is -2.25. The van der Waals surface area contributed by atoms with Crippen LogP contribution in [0, 0.1) is 23.2 Å². The van der Waals surface area contributed by atoms with Crippen molar-refractivity contribution in [3.63, 3.8) is 0 Å². The van der Waals surface area contributed by atoms with Crippen LogP contribution in [0.25, 0.3) is 5.57 Å². The molecular formula is C25H25O8P. The largest absolute Gasteiger partial charge is 0.507 e. The van der Waals surface area contributed by atoms with E-state index in [-0.39, 0.29) is 44.9 Å². The van der Waals surface area contributed by atoms with Crippen molar-refractivity contribution in [1.82, 2.24) is 0 Å². The predicted molar refractivity (Wildman–Crippen MR) is 119 cm³/mol. The lowest BCUT2D eigenvalue weighted by molar-refractivity contribution is -0.599. The van der Waals surface area contributed by atoms with Crippen LogP contribution in [-0.2, 0) is 24.9 Å². The van der Waals surface area contributed by atoms with Crippen molar-refractivity contribution < 1.29 is 39.5 Å². The molecule has 9 rings (SSSR count). The maximum absolute atomic E-state index is 13.0. The van der Waals surface area contributed by atoms with Gasteiger partial charge in [0.1, 0.15) is 28.3 Å². The van der Waals surface area contributed by atoms with Crippen molar-refractivity contribution in [3.05, 3.63) is 50.7 Å². The molecule has 9 heteroatoms. The maximum Gasteiger partial charge on any atom is 0.261 e. The smallest absolute Gasteiger partial charge is 0.261 e. The van der Waals surface area contributed by atoms with Gasteiger partial charge >= 0.3 is 0 Å². The third kappa shape index (κ3) is 1.93. The molecule has 1 aromatic rings. The zero-order valence-corrected chi connectivity index (χ0v) is 19.5. The van der Waals surface area contributed by atoms with Gasteiger partial charge in [0.25, 0.3) is 5.79 Å². The van der Waals surface area contributed by atoms with Gasteiger partial charge in [0, 0.05) is 23.4 Å². The molecule has 34 heavy (non-hydrogen) atoms. The molecule has 4 N–H and O–H groups in total. The Kier molecular flexibility index (Phi) is 3.39. The van der Waals surface area contributed by atoms with Gasteiger partial charge in [-0.15, -0.1) is 0 Å². The Labute approximate surface area is 195 Å². The zero-order valence-electron chi connectivity index (χ0n) is 18.6. The van der Waals surface area contributed by atoms with Crippen molar-refractivity contribution in [2.75, 3.05) is 7.11 Å². The number of allylic oxidation sites excluding steroid dienone is 4. The Morgan fingerprint density at radius 3 is 2.09 bits per heavy atom. The Balaban J connectivity index is 1.25. The first kappa shape index (κ1) is 20.0. The van der Waals surface area contributed by atoms with E-state index in [1.165, 1.54) is 32.4 Å². The molecule has 4 bridgehead atoms. The van der Waals surface area contributed by atoms with Gasteiger partial charge in [-0.05, 0) is 68.4 Å². The Morgan fingerprint density at radius 1 is 0.941 bits per heavy atom. The van der Waals surface area contributed by atoms with Crippen LogP contribution in [0.3, 0.4) is 0 Å². The van der Waals surface area contributed by atoms with Crippen LogP contribution >= 0.6 is 7.14 Å². The monoisotopic (exact) mass is 484 g/mol. The highest BCUT2D eigenvalue weighted by atomic mass is 31.2. The van der Waals surface area contributed by atoms with Crippen molar-refractivity contribution in [2.45, 2.75) is 50.4 Å². The molecule has 178 valence electrons. The molecule has 4 aliphatic carbocycles. The van der Waals surface area contributed by atoms with Crippen molar-refractivity contribution >= 4 is 12.7 Å². The van der Waals surface area contributed by atoms with E-state index in [1.54, 1.807) is 6.07 Å². The van der Waals surface area contributed by atoms with E-state index in [0.29, 0.717) is 33.9 Å². The molecule has 4 saturated carbocycles. The van der Waals surface area contributed by atoms with Gasteiger partial charge in [-0.3, -0.25) is 0 Å². The van der Waals surface area contributed by atoms with Crippen LogP contribution in [0.15, 0.2) is 39.6 Å². The number of phenols is 2. The van der Waals surface area contributed by atoms with E-state index >= 15 is 0 Å². The molecule has 1 aromatic carbocycles. The average molecular weight is 484 g/mol. The molecule has 8 nitrogen and oxygen atoms in total. The van der Waals surface area contributed by atoms with Crippen LogP contribution < -0.4 is 0 Å². The minimum absolute atomic E-state index is 0.0211. The van der Waals surface area contributed by atoms with Crippen molar-refractivity contribution in [2.24, 2.45) is 23.2 Å². The number of aliphatic hydroxyl groups excluding tert-OH is 2. The number of phenolic OH excluding ortho intramolecular Hbond substituents is 2. The SMILES string of the molecule is COC1(c2ccc(O)c(C3=C(O)C4=C(O)C5=C3P45=O)c2O)OOC1C12CC3CC(CC(C3)C1)C2. The van der Waals surface area contributed by atoms with E-state index in [2.05, 4.69) is 0 Å². The van der Waals surface area contributed by atoms with E-state index in [1.807, 2.05) is 0 Å². The molecule has 4 heterocycles. The van der Waals surface area contributed by atoms with E-state index in [9.17, 15) is 25.0 Å². The summed E-state index contributed by atoms with van der Waals surface area (Å²) in [6, 6.07) is 2.97. The standard InChI is InChI=1S/C25H25O8P/c1-31-25(23(32-33-25)24-7-10-4-11(8-24)6-12(5-10)9-24)13-2-3-14(26)15(17(13)27)16-18(28)21-19(29)22-20(16)34(21,22)30/h2-3,10-12,23,26-29H,4-9H2,1H3. The minimum atomic E-state index is -3.02. The molecule has 1 saturated heterocycles. The summed E-state index contributed by atoms with van der Waals surface area (Å²) in [4.78, 5) is 11.4. The molecule has 3 unspecified atom stereocenters. The zero-order chi connectivity index (χ0) is 23.4. The first-order chi connectivity index (χ1) is 16.2.